The van der Waals surface area contributed by atoms with Crippen LogP contribution in [0, 0.1) is 6.92 Å². The zero-order valence-electron chi connectivity index (χ0n) is 16.2. The van der Waals surface area contributed by atoms with E-state index in [0.717, 1.165) is 27.2 Å². The summed E-state index contributed by atoms with van der Waals surface area (Å²) < 4.78 is 38.2. The number of benzene rings is 1. The first-order valence-corrected chi connectivity index (χ1v) is 9.93. The second kappa shape index (κ2) is 7.58. The molecule has 0 saturated heterocycles. The van der Waals surface area contributed by atoms with E-state index in [1.54, 1.807) is 17.9 Å². The van der Waals surface area contributed by atoms with Crippen LogP contribution in [0.4, 0.5) is 13.2 Å². The standard InChI is InChI=1S/C21H19ClF3N3O2/c1-12-18-16(9-17(22)26-12)11-28(19(18)29)10-13-2-3-14-4-6-27(7-5-15(14)8-13)20(30)21(23,24)25/h2-3,8-9H,4-7,10-11H2,1H3. The number of aromatic nitrogens is 1. The zero-order valence-corrected chi connectivity index (χ0v) is 17.0. The highest BCUT2D eigenvalue weighted by Crippen LogP contribution is 2.29. The largest absolute Gasteiger partial charge is 0.471 e. The van der Waals surface area contributed by atoms with Crippen molar-refractivity contribution >= 4 is 23.4 Å². The van der Waals surface area contributed by atoms with Gasteiger partial charge in [-0.15, -0.1) is 0 Å². The molecule has 0 spiro atoms. The monoisotopic (exact) mass is 437 g/mol. The van der Waals surface area contributed by atoms with Crippen molar-refractivity contribution < 1.29 is 22.8 Å². The van der Waals surface area contributed by atoms with Crippen molar-refractivity contribution in [3.8, 4) is 0 Å². The molecule has 2 amide bonds. The highest BCUT2D eigenvalue weighted by atomic mass is 35.5. The highest BCUT2D eigenvalue weighted by molar-refractivity contribution is 6.29. The van der Waals surface area contributed by atoms with Gasteiger partial charge in [-0.1, -0.05) is 29.8 Å². The number of carbonyl (C=O) groups excluding carboxylic acids is 2. The lowest BCUT2D eigenvalue weighted by atomic mass is 10.00. The number of nitrogens with zero attached hydrogens (tertiary/aromatic N) is 3. The van der Waals surface area contributed by atoms with E-state index < -0.39 is 12.1 Å². The number of halogens is 4. The van der Waals surface area contributed by atoms with Gasteiger partial charge in [0.05, 0.1) is 11.3 Å². The summed E-state index contributed by atoms with van der Waals surface area (Å²) in [4.78, 5) is 31.1. The Morgan fingerprint density at radius 3 is 2.53 bits per heavy atom. The molecule has 0 saturated carbocycles. The Kier molecular flexibility index (Phi) is 5.22. The number of rotatable bonds is 2. The van der Waals surface area contributed by atoms with Gasteiger partial charge in [-0.25, -0.2) is 4.98 Å². The van der Waals surface area contributed by atoms with Gasteiger partial charge in [-0.3, -0.25) is 9.59 Å². The van der Waals surface area contributed by atoms with Crippen LogP contribution in [0.15, 0.2) is 24.3 Å². The van der Waals surface area contributed by atoms with E-state index in [0.29, 0.717) is 42.3 Å². The minimum absolute atomic E-state index is 0.0201. The van der Waals surface area contributed by atoms with Crippen LogP contribution in [0.5, 0.6) is 0 Å². The van der Waals surface area contributed by atoms with Crippen molar-refractivity contribution in [1.82, 2.24) is 14.8 Å². The normalized spacial score (nSPS) is 16.4. The van der Waals surface area contributed by atoms with E-state index in [1.807, 2.05) is 18.2 Å². The smallest absolute Gasteiger partial charge is 0.334 e. The molecule has 9 heteroatoms. The van der Waals surface area contributed by atoms with E-state index in [4.69, 9.17) is 11.6 Å². The first-order valence-electron chi connectivity index (χ1n) is 9.55. The highest BCUT2D eigenvalue weighted by Gasteiger charge is 2.42. The number of alkyl halides is 3. The Morgan fingerprint density at radius 2 is 1.83 bits per heavy atom. The van der Waals surface area contributed by atoms with Crippen LogP contribution >= 0.6 is 11.6 Å². The Balaban J connectivity index is 1.49. The van der Waals surface area contributed by atoms with Crippen LogP contribution in [-0.2, 0) is 30.7 Å². The zero-order chi connectivity index (χ0) is 21.6. The third kappa shape index (κ3) is 3.88. The maximum absolute atomic E-state index is 12.8. The third-order valence-corrected chi connectivity index (χ3v) is 5.78. The van der Waals surface area contributed by atoms with E-state index >= 15 is 0 Å². The Morgan fingerprint density at radius 1 is 1.13 bits per heavy atom. The predicted molar refractivity (Wildman–Crippen MR) is 104 cm³/mol. The topological polar surface area (TPSA) is 53.5 Å². The number of amides is 2. The van der Waals surface area contributed by atoms with Crippen molar-refractivity contribution in [2.45, 2.75) is 39.0 Å². The van der Waals surface area contributed by atoms with Gasteiger partial charge in [0.2, 0.25) is 0 Å². The van der Waals surface area contributed by atoms with Crippen molar-refractivity contribution in [2.75, 3.05) is 13.1 Å². The number of aryl methyl sites for hydroxylation is 1. The summed E-state index contributed by atoms with van der Waals surface area (Å²) in [5.74, 6) is -1.90. The molecule has 5 nitrogen and oxygen atoms in total. The van der Waals surface area contributed by atoms with Gasteiger partial charge >= 0.3 is 12.1 Å². The molecular formula is C21H19ClF3N3O2. The van der Waals surface area contributed by atoms with Crippen molar-refractivity contribution in [2.24, 2.45) is 0 Å². The van der Waals surface area contributed by atoms with Crippen LogP contribution in [0.2, 0.25) is 5.15 Å². The van der Waals surface area contributed by atoms with Gasteiger partial charge in [0.1, 0.15) is 5.15 Å². The molecule has 0 fully saturated rings. The molecule has 2 aromatic rings. The fraction of sp³-hybridized carbons (Fsp3) is 0.381. The number of pyridine rings is 1. The molecule has 0 atom stereocenters. The fourth-order valence-corrected chi connectivity index (χ4v) is 4.41. The van der Waals surface area contributed by atoms with Crippen LogP contribution in [-0.4, -0.2) is 45.9 Å². The maximum atomic E-state index is 12.8. The molecule has 0 bridgehead atoms. The SMILES string of the molecule is Cc1nc(Cl)cc2c1C(=O)N(Cc1ccc3c(c1)CCN(C(=O)C(F)(F)F)CC3)C2. The predicted octanol–water partition coefficient (Wildman–Crippen LogP) is 3.69. The number of hydrogen-bond donors (Lipinski definition) is 0. The summed E-state index contributed by atoms with van der Waals surface area (Å²) in [6.45, 7) is 2.62. The lowest BCUT2D eigenvalue weighted by Crippen LogP contribution is -2.42. The minimum Gasteiger partial charge on any atom is -0.334 e. The van der Waals surface area contributed by atoms with Gasteiger partial charge in [0, 0.05) is 26.2 Å². The van der Waals surface area contributed by atoms with Crippen LogP contribution in [0.3, 0.4) is 0 Å². The van der Waals surface area contributed by atoms with Gasteiger partial charge in [-0.2, -0.15) is 13.2 Å². The first-order chi connectivity index (χ1) is 14.1. The molecule has 2 aliphatic heterocycles. The first kappa shape index (κ1) is 20.7. The van der Waals surface area contributed by atoms with Gasteiger partial charge in [0.15, 0.2) is 0 Å². The van der Waals surface area contributed by atoms with Crippen LogP contribution in [0.1, 0.15) is 38.3 Å². The molecule has 2 aliphatic rings. The number of carbonyl (C=O) groups is 2. The van der Waals surface area contributed by atoms with Crippen molar-refractivity contribution in [1.29, 1.82) is 0 Å². The summed E-state index contributed by atoms with van der Waals surface area (Å²) in [5.41, 5.74) is 4.75. The minimum atomic E-state index is -4.86. The molecule has 158 valence electrons. The lowest BCUT2D eigenvalue weighted by Gasteiger charge is -2.21. The maximum Gasteiger partial charge on any atom is 0.471 e. The molecule has 0 aliphatic carbocycles. The average Bonchev–Trinajstić information content (AvgIpc) is 2.84. The summed E-state index contributed by atoms with van der Waals surface area (Å²) in [5, 5.41) is 0.351. The third-order valence-electron chi connectivity index (χ3n) is 5.59. The fourth-order valence-electron chi connectivity index (χ4n) is 4.16. The van der Waals surface area contributed by atoms with E-state index in [1.165, 1.54) is 0 Å². The number of hydrogen-bond acceptors (Lipinski definition) is 3. The van der Waals surface area contributed by atoms with Gasteiger partial charge < -0.3 is 9.80 Å². The molecule has 30 heavy (non-hydrogen) atoms. The van der Waals surface area contributed by atoms with Crippen molar-refractivity contribution in [3.05, 3.63) is 62.9 Å². The molecule has 0 radical (unpaired) electrons. The number of fused-ring (bicyclic) bond motifs is 2. The summed E-state index contributed by atoms with van der Waals surface area (Å²) >= 11 is 6.00. The quantitative estimate of drug-likeness (QED) is 0.673. The Hall–Kier alpha value is -2.61. The lowest BCUT2D eigenvalue weighted by molar-refractivity contribution is -0.185. The summed E-state index contributed by atoms with van der Waals surface area (Å²) in [6, 6.07) is 7.38. The molecule has 0 N–H and O–H groups in total. The van der Waals surface area contributed by atoms with Gasteiger partial charge in [-0.05, 0) is 48.1 Å². The van der Waals surface area contributed by atoms with Crippen LogP contribution in [0.25, 0.3) is 0 Å². The van der Waals surface area contributed by atoms with E-state index in [9.17, 15) is 22.8 Å². The Labute approximate surface area is 176 Å². The molecular weight excluding hydrogens is 419 g/mol. The Bertz CT molecular complexity index is 1040. The average molecular weight is 438 g/mol. The van der Waals surface area contributed by atoms with Crippen LogP contribution < -0.4 is 0 Å². The molecule has 0 unspecified atom stereocenters. The van der Waals surface area contributed by atoms with Crippen molar-refractivity contribution in [3.63, 3.8) is 0 Å². The molecule has 1 aromatic heterocycles. The second-order valence-corrected chi connectivity index (χ2v) is 8.01. The van der Waals surface area contributed by atoms with Gasteiger partial charge in [0.25, 0.3) is 5.91 Å². The van der Waals surface area contributed by atoms with E-state index in [2.05, 4.69) is 4.98 Å². The molecule has 4 rings (SSSR count). The second-order valence-electron chi connectivity index (χ2n) is 7.62. The molecule has 3 heterocycles. The summed E-state index contributed by atoms with van der Waals surface area (Å²) in [6.07, 6.45) is -4.14. The van der Waals surface area contributed by atoms with E-state index in [-0.39, 0.29) is 19.0 Å². The molecule has 1 aromatic carbocycles. The summed E-state index contributed by atoms with van der Waals surface area (Å²) in [7, 11) is 0.